The molecule has 1 aromatic rings. The van der Waals surface area contributed by atoms with Gasteiger partial charge in [-0.1, -0.05) is 34.8 Å². The largest absolute Gasteiger partial charge is 0.348 e. The topological polar surface area (TPSA) is 29.1 Å². The Labute approximate surface area is 127 Å². The number of nitrogens with one attached hydrogen (secondary N) is 1. The second-order valence-corrected chi connectivity index (χ2v) is 6.98. The van der Waals surface area contributed by atoms with Gasteiger partial charge in [-0.05, 0) is 43.7 Å². The lowest BCUT2D eigenvalue weighted by Crippen LogP contribution is -2.43. The molecule has 0 radical (unpaired) electrons. The average molecular weight is 342 g/mol. The number of hydrogen-bond acceptors (Lipinski definition) is 2. The minimum absolute atomic E-state index is 0.0600. The maximum atomic E-state index is 12.4. The molecule has 2 unspecified atom stereocenters. The van der Waals surface area contributed by atoms with Gasteiger partial charge in [0.25, 0.3) is 5.91 Å². The van der Waals surface area contributed by atoms with Gasteiger partial charge in [0.2, 0.25) is 0 Å². The fourth-order valence-corrected chi connectivity index (χ4v) is 3.94. The molecule has 104 valence electrons. The molecule has 1 saturated carbocycles. The fraction of sp³-hybridized carbons (Fsp3) is 0.533. The molecule has 0 aliphatic heterocycles. The van der Waals surface area contributed by atoms with Crippen LogP contribution in [0.25, 0.3) is 0 Å². The first kappa shape index (κ1) is 14.9. The molecule has 1 fully saturated rings. The van der Waals surface area contributed by atoms with Crippen molar-refractivity contribution in [3.63, 3.8) is 0 Å². The van der Waals surface area contributed by atoms with Gasteiger partial charge in [0.15, 0.2) is 0 Å². The van der Waals surface area contributed by atoms with Gasteiger partial charge < -0.3 is 5.32 Å². The predicted octanol–water partition coefficient (Wildman–Crippen LogP) is 4.16. The summed E-state index contributed by atoms with van der Waals surface area (Å²) >= 11 is 5.36. The second kappa shape index (κ2) is 6.80. The van der Waals surface area contributed by atoms with Gasteiger partial charge in [-0.3, -0.25) is 4.79 Å². The van der Waals surface area contributed by atoms with E-state index in [1.807, 2.05) is 36.9 Å². The zero-order valence-electron chi connectivity index (χ0n) is 11.4. The first-order valence-electron chi connectivity index (χ1n) is 6.72. The van der Waals surface area contributed by atoms with Crippen LogP contribution in [-0.2, 0) is 0 Å². The van der Waals surface area contributed by atoms with Crippen molar-refractivity contribution < 1.29 is 4.79 Å². The molecule has 1 N–H and O–H groups in total. The molecule has 2 atom stereocenters. The molecule has 0 spiro atoms. The fourth-order valence-electron chi connectivity index (χ4n) is 2.64. The van der Waals surface area contributed by atoms with E-state index in [1.54, 1.807) is 0 Å². The zero-order valence-corrected chi connectivity index (χ0v) is 13.8. The summed E-state index contributed by atoms with van der Waals surface area (Å²) in [6, 6.07) is 6.09. The summed E-state index contributed by atoms with van der Waals surface area (Å²) in [6.07, 6.45) is 6.96. The number of carbonyl (C=O) groups is 1. The molecular formula is C15H20BrNOS. The summed E-state index contributed by atoms with van der Waals surface area (Å²) in [5, 5.41) is 3.78. The van der Waals surface area contributed by atoms with Crippen molar-refractivity contribution in [1.82, 2.24) is 5.32 Å². The van der Waals surface area contributed by atoms with Crippen LogP contribution in [0.1, 0.15) is 41.6 Å². The van der Waals surface area contributed by atoms with Crippen LogP contribution in [0, 0.1) is 6.92 Å². The molecule has 0 bridgehead atoms. The molecule has 0 saturated heterocycles. The molecule has 2 rings (SSSR count). The first-order chi connectivity index (χ1) is 9.13. The van der Waals surface area contributed by atoms with Crippen LogP contribution in [0.4, 0.5) is 0 Å². The minimum atomic E-state index is 0.0600. The highest BCUT2D eigenvalue weighted by molar-refractivity contribution is 9.10. The Morgan fingerprint density at radius 1 is 1.37 bits per heavy atom. The van der Waals surface area contributed by atoms with Gasteiger partial charge >= 0.3 is 0 Å². The van der Waals surface area contributed by atoms with Crippen molar-refractivity contribution in [3.05, 3.63) is 33.8 Å². The van der Waals surface area contributed by atoms with Gasteiger partial charge in [0, 0.05) is 21.3 Å². The van der Waals surface area contributed by atoms with Crippen LogP contribution in [0.3, 0.4) is 0 Å². The van der Waals surface area contributed by atoms with Crippen LogP contribution in [0.15, 0.2) is 22.7 Å². The highest BCUT2D eigenvalue weighted by atomic mass is 79.9. The zero-order chi connectivity index (χ0) is 13.8. The van der Waals surface area contributed by atoms with Gasteiger partial charge in [-0.15, -0.1) is 0 Å². The number of thioether (sulfide) groups is 1. The van der Waals surface area contributed by atoms with E-state index < -0.39 is 0 Å². The monoisotopic (exact) mass is 341 g/mol. The molecular weight excluding hydrogens is 322 g/mol. The summed E-state index contributed by atoms with van der Waals surface area (Å²) in [7, 11) is 0. The van der Waals surface area contributed by atoms with Crippen molar-refractivity contribution in [2.75, 3.05) is 6.26 Å². The normalized spacial score (nSPS) is 23.1. The van der Waals surface area contributed by atoms with Crippen LogP contribution in [0.5, 0.6) is 0 Å². The average Bonchev–Trinajstić information content (AvgIpc) is 2.42. The number of halogens is 1. The molecule has 4 heteroatoms. The summed E-state index contributed by atoms with van der Waals surface area (Å²) in [6.45, 7) is 1.98. The van der Waals surface area contributed by atoms with Crippen molar-refractivity contribution in [1.29, 1.82) is 0 Å². The quantitative estimate of drug-likeness (QED) is 0.894. The van der Waals surface area contributed by atoms with E-state index in [0.717, 1.165) is 22.0 Å². The van der Waals surface area contributed by atoms with Crippen molar-refractivity contribution in [2.45, 2.75) is 43.9 Å². The maximum absolute atomic E-state index is 12.4. The molecule has 2 nitrogen and oxygen atoms in total. The smallest absolute Gasteiger partial charge is 0.251 e. The molecule has 1 aliphatic carbocycles. The number of rotatable bonds is 3. The van der Waals surface area contributed by atoms with E-state index in [1.165, 1.54) is 19.3 Å². The van der Waals surface area contributed by atoms with Crippen LogP contribution in [0.2, 0.25) is 0 Å². The SMILES string of the molecule is CSC1CCCCC1NC(=O)c1cccc(Br)c1C. The number of carbonyl (C=O) groups excluding carboxylic acids is 1. The maximum Gasteiger partial charge on any atom is 0.251 e. The van der Waals surface area contributed by atoms with Gasteiger partial charge in [0.1, 0.15) is 0 Å². The standard InChI is InChI=1S/C15H20BrNOS/c1-10-11(6-5-7-12(10)16)15(18)17-13-8-3-4-9-14(13)19-2/h5-7,13-14H,3-4,8-9H2,1-2H3,(H,17,18). The van der Waals surface area contributed by atoms with Crippen molar-refractivity contribution in [2.24, 2.45) is 0 Å². The van der Waals surface area contributed by atoms with Crippen LogP contribution in [-0.4, -0.2) is 23.5 Å². The van der Waals surface area contributed by atoms with E-state index in [9.17, 15) is 4.79 Å². The lowest BCUT2D eigenvalue weighted by atomic mass is 9.94. The number of benzene rings is 1. The molecule has 1 aliphatic rings. The van der Waals surface area contributed by atoms with Crippen LogP contribution < -0.4 is 5.32 Å². The highest BCUT2D eigenvalue weighted by Gasteiger charge is 2.26. The Bertz CT molecular complexity index is 463. The third-order valence-corrected chi connectivity index (χ3v) is 5.86. The van der Waals surface area contributed by atoms with Gasteiger partial charge in [-0.25, -0.2) is 0 Å². The minimum Gasteiger partial charge on any atom is -0.348 e. The molecule has 1 amide bonds. The molecule has 0 heterocycles. The van der Waals surface area contributed by atoms with E-state index >= 15 is 0 Å². The second-order valence-electron chi connectivity index (χ2n) is 5.05. The van der Waals surface area contributed by atoms with E-state index in [-0.39, 0.29) is 5.91 Å². The number of hydrogen-bond donors (Lipinski definition) is 1. The van der Waals surface area contributed by atoms with Crippen molar-refractivity contribution in [3.8, 4) is 0 Å². The Morgan fingerprint density at radius 2 is 2.11 bits per heavy atom. The summed E-state index contributed by atoms with van der Waals surface area (Å²) in [5.41, 5.74) is 1.79. The predicted molar refractivity (Wildman–Crippen MR) is 85.9 cm³/mol. The first-order valence-corrected chi connectivity index (χ1v) is 8.80. The molecule has 1 aromatic carbocycles. The summed E-state index contributed by atoms with van der Waals surface area (Å²) in [4.78, 5) is 12.4. The number of amides is 1. The summed E-state index contributed by atoms with van der Waals surface area (Å²) in [5.74, 6) is 0.0600. The van der Waals surface area contributed by atoms with Crippen molar-refractivity contribution >= 4 is 33.6 Å². The Balaban J connectivity index is 2.09. The Morgan fingerprint density at radius 3 is 2.84 bits per heavy atom. The highest BCUT2D eigenvalue weighted by Crippen LogP contribution is 2.28. The van der Waals surface area contributed by atoms with E-state index in [0.29, 0.717) is 11.3 Å². The van der Waals surface area contributed by atoms with E-state index in [2.05, 4.69) is 27.5 Å². The molecule has 0 aromatic heterocycles. The lowest BCUT2D eigenvalue weighted by Gasteiger charge is -2.31. The third-order valence-electron chi connectivity index (χ3n) is 3.83. The Hall–Kier alpha value is -0.480. The summed E-state index contributed by atoms with van der Waals surface area (Å²) < 4.78 is 0.991. The Kier molecular flexibility index (Phi) is 5.34. The van der Waals surface area contributed by atoms with E-state index in [4.69, 9.17) is 0 Å². The third kappa shape index (κ3) is 3.54. The lowest BCUT2D eigenvalue weighted by molar-refractivity contribution is 0.0928. The van der Waals surface area contributed by atoms with Crippen LogP contribution >= 0.6 is 27.7 Å². The van der Waals surface area contributed by atoms with Gasteiger partial charge in [0.05, 0.1) is 0 Å². The van der Waals surface area contributed by atoms with Gasteiger partial charge in [-0.2, -0.15) is 11.8 Å². The molecule has 19 heavy (non-hydrogen) atoms.